The molecule has 9 heteroatoms. The van der Waals surface area contributed by atoms with E-state index in [0.717, 1.165) is 13.8 Å². The molecular formula is C21H19IN2O5S. The van der Waals surface area contributed by atoms with Crippen LogP contribution in [-0.4, -0.2) is 36.3 Å². The molecule has 0 atom stereocenters. The average Bonchev–Trinajstić information content (AvgIpc) is 3.06. The van der Waals surface area contributed by atoms with Crippen molar-refractivity contribution in [2.75, 3.05) is 19.8 Å². The van der Waals surface area contributed by atoms with Gasteiger partial charge in [-0.3, -0.25) is 9.59 Å². The lowest BCUT2D eigenvalue weighted by atomic mass is 10.2. The number of rotatable bonds is 5. The van der Waals surface area contributed by atoms with Gasteiger partial charge in [-0.15, -0.1) is 0 Å². The minimum Gasteiger partial charge on any atom is -0.486 e. The van der Waals surface area contributed by atoms with Crippen LogP contribution in [0, 0.1) is 3.57 Å². The van der Waals surface area contributed by atoms with Crippen molar-refractivity contribution in [3.8, 4) is 11.5 Å². The summed E-state index contributed by atoms with van der Waals surface area (Å²) in [5.74, 6) is 0.695. The van der Waals surface area contributed by atoms with Crippen molar-refractivity contribution in [3.05, 3.63) is 50.3 Å². The Morgan fingerprint density at radius 2 is 1.93 bits per heavy atom. The molecule has 2 aromatic carbocycles. The van der Waals surface area contributed by atoms with Crippen LogP contribution in [0.3, 0.4) is 0 Å². The van der Waals surface area contributed by atoms with E-state index in [0.29, 0.717) is 48.2 Å². The third-order valence-electron chi connectivity index (χ3n) is 4.49. The van der Waals surface area contributed by atoms with Gasteiger partial charge in [0, 0.05) is 22.2 Å². The van der Waals surface area contributed by atoms with Crippen molar-refractivity contribution >= 4 is 56.0 Å². The summed E-state index contributed by atoms with van der Waals surface area (Å²) in [6, 6.07) is 11.1. The SMILES string of the molecule is CCOC(=O)CCn1c(=NC(=O)c2ccccc2I)sc2cc3c(cc21)OCCO3. The quantitative estimate of drug-likeness (QED) is 0.365. The third-order valence-corrected chi connectivity index (χ3v) is 6.47. The van der Waals surface area contributed by atoms with Gasteiger partial charge in [-0.25, -0.2) is 0 Å². The van der Waals surface area contributed by atoms with Gasteiger partial charge in [-0.1, -0.05) is 23.5 Å². The molecule has 0 saturated heterocycles. The number of nitrogens with zero attached hydrogens (tertiary/aromatic N) is 2. The fraction of sp³-hybridized carbons (Fsp3) is 0.286. The van der Waals surface area contributed by atoms with Crippen LogP contribution in [0.4, 0.5) is 0 Å². The average molecular weight is 538 g/mol. The maximum Gasteiger partial charge on any atom is 0.307 e. The number of ether oxygens (including phenoxy) is 3. The lowest BCUT2D eigenvalue weighted by Crippen LogP contribution is -2.20. The van der Waals surface area contributed by atoms with E-state index < -0.39 is 0 Å². The van der Waals surface area contributed by atoms with Gasteiger partial charge in [-0.2, -0.15) is 4.99 Å². The van der Waals surface area contributed by atoms with Crippen LogP contribution < -0.4 is 14.3 Å². The lowest BCUT2D eigenvalue weighted by molar-refractivity contribution is -0.143. The van der Waals surface area contributed by atoms with Crippen molar-refractivity contribution in [3.63, 3.8) is 0 Å². The zero-order chi connectivity index (χ0) is 21.1. The minimum atomic E-state index is -0.325. The van der Waals surface area contributed by atoms with Crippen LogP contribution in [0.25, 0.3) is 10.2 Å². The predicted molar refractivity (Wildman–Crippen MR) is 121 cm³/mol. The first kappa shape index (κ1) is 20.9. The molecule has 0 saturated carbocycles. The molecule has 4 rings (SSSR count). The molecule has 0 unspecified atom stereocenters. The molecular weight excluding hydrogens is 519 g/mol. The molecule has 0 spiro atoms. The van der Waals surface area contributed by atoms with Gasteiger partial charge in [-0.05, 0) is 41.6 Å². The van der Waals surface area contributed by atoms with Gasteiger partial charge in [0.1, 0.15) is 13.2 Å². The van der Waals surface area contributed by atoms with Gasteiger partial charge < -0.3 is 18.8 Å². The normalized spacial score (nSPS) is 13.5. The maximum absolute atomic E-state index is 12.8. The summed E-state index contributed by atoms with van der Waals surface area (Å²) in [6.45, 7) is 3.42. The molecule has 1 aromatic heterocycles. The predicted octanol–water partition coefficient (Wildman–Crippen LogP) is 3.77. The van der Waals surface area contributed by atoms with E-state index in [-0.39, 0.29) is 18.3 Å². The van der Waals surface area contributed by atoms with Crippen LogP contribution in [-0.2, 0) is 16.1 Å². The standard InChI is InChI=1S/C21H19IN2O5S/c1-2-27-19(25)7-8-24-15-11-16-17(29-10-9-28-16)12-18(15)30-21(24)23-20(26)13-5-3-4-6-14(13)22/h3-6,11-12H,2,7-10H2,1H3. The second-order valence-corrected chi connectivity index (χ2v) is 8.62. The van der Waals surface area contributed by atoms with E-state index in [1.807, 2.05) is 34.9 Å². The van der Waals surface area contributed by atoms with Crippen LogP contribution in [0.2, 0.25) is 0 Å². The van der Waals surface area contributed by atoms with Gasteiger partial charge in [0.25, 0.3) is 5.91 Å². The molecule has 0 aliphatic carbocycles. The van der Waals surface area contributed by atoms with Crippen molar-refractivity contribution in [1.29, 1.82) is 0 Å². The number of thiazole rings is 1. The Labute approximate surface area is 190 Å². The molecule has 7 nitrogen and oxygen atoms in total. The Bertz CT molecular complexity index is 1180. The van der Waals surface area contributed by atoms with Crippen LogP contribution in [0.5, 0.6) is 11.5 Å². The first-order chi connectivity index (χ1) is 14.6. The molecule has 1 aliphatic rings. The molecule has 1 amide bonds. The molecule has 30 heavy (non-hydrogen) atoms. The summed E-state index contributed by atoms with van der Waals surface area (Å²) in [5, 5.41) is 0. The number of esters is 1. The monoisotopic (exact) mass is 538 g/mol. The van der Waals surface area contributed by atoms with E-state index in [2.05, 4.69) is 27.6 Å². The van der Waals surface area contributed by atoms with Gasteiger partial charge >= 0.3 is 5.97 Å². The Balaban J connectivity index is 1.80. The highest BCUT2D eigenvalue weighted by atomic mass is 127. The third kappa shape index (κ3) is 4.36. The second kappa shape index (κ2) is 9.17. The summed E-state index contributed by atoms with van der Waals surface area (Å²) in [5.41, 5.74) is 1.38. The number of carbonyl (C=O) groups excluding carboxylic acids is 2. The molecule has 3 aromatic rings. The number of carbonyl (C=O) groups is 2. The Morgan fingerprint density at radius 1 is 1.20 bits per heavy atom. The first-order valence-electron chi connectivity index (χ1n) is 9.49. The van der Waals surface area contributed by atoms with E-state index >= 15 is 0 Å². The second-order valence-electron chi connectivity index (χ2n) is 6.45. The Kier molecular flexibility index (Phi) is 6.38. The summed E-state index contributed by atoms with van der Waals surface area (Å²) in [4.78, 5) is 29.7. The zero-order valence-corrected chi connectivity index (χ0v) is 19.2. The zero-order valence-electron chi connectivity index (χ0n) is 16.2. The van der Waals surface area contributed by atoms with Crippen molar-refractivity contribution in [1.82, 2.24) is 4.57 Å². The van der Waals surface area contributed by atoms with Gasteiger partial charge in [0.05, 0.1) is 28.8 Å². The van der Waals surface area contributed by atoms with E-state index in [4.69, 9.17) is 14.2 Å². The number of hydrogen-bond acceptors (Lipinski definition) is 6. The number of aryl methyl sites for hydroxylation is 1. The molecule has 0 N–H and O–H groups in total. The molecule has 0 radical (unpaired) electrons. The van der Waals surface area contributed by atoms with Crippen molar-refractivity contribution in [2.24, 2.45) is 4.99 Å². The smallest absolute Gasteiger partial charge is 0.307 e. The summed E-state index contributed by atoms with van der Waals surface area (Å²) < 4.78 is 20.0. The number of benzene rings is 2. The van der Waals surface area contributed by atoms with Crippen molar-refractivity contribution in [2.45, 2.75) is 19.9 Å². The Hall–Kier alpha value is -2.40. The first-order valence-corrected chi connectivity index (χ1v) is 11.4. The largest absolute Gasteiger partial charge is 0.486 e. The molecule has 1 aliphatic heterocycles. The number of amides is 1. The number of hydrogen-bond donors (Lipinski definition) is 0. The highest BCUT2D eigenvalue weighted by Gasteiger charge is 2.18. The molecule has 156 valence electrons. The minimum absolute atomic E-state index is 0.179. The van der Waals surface area contributed by atoms with E-state index in [1.54, 1.807) is 13.0 Å². The summed E-state index contributed by atoms with van der Waals surface area (Å²) in [7, 11) is 0. The van der Waals surface area contributed by atoms with Gasteiger partial charge in [0.15, 0.2) is 16.3 Å². The highest BCUT2D eigenvalue weighted by molar-refractivity contribution is 14.1. The molecule has 2 heterocycles. The maximum atomic E-state index is 12.8. The van der Waals surface area contributed by atoms with E-state index in [9.17, 15) is 9.59 Å². The molecule has 0 fully saturated rings. The van der Waals surface area contributed by atoms with Crippen LogP contribution in [0.1, 0.15) is 23.7 Å². The number of halogens is 1. The fourth-order valence-electron chi connectivity index (χ4n) is 3.13. The topological polar surface area (TPSA) is 79.1 Å². The highest BCUT2D eigenvalue weighted by Crippen LogP contribution is 2.35. The fourth-order valence-corrected chi connectivity index (χ4v) is 4.81. The number of aromatic nitrogens is 1. The summed E-state index contributed by atoms with van der Waals surface area (Å²) >= 11 is 3.50. The van der Waals surface area contributed by atoms with Crippen LogP contribution >= 0.6 is 33.9 Å². The van der Waals surface area contributed by atoms with E-state index in [1.165, 1.54) is 11.3 Å². The summed E-state index contributed by atoms with van der Waals surface area (Å²) in [6.07, 6.45) is 0.179. The van der Waals surface area contributed by atoms with Gasteiger partial charge in [0.2, 0.25) is 0 Å². The number of fused-ring (bicyclic) bond motifs is 2. The molecule has 0 bridgehead atoms. The lowest BCUT2D eigenvalue weighted by Gasteiger charge is -2.18. The van der Waals surface area contributed by atoms with Crippen LogP contribution in [0.15, 0.2) is 41.4 Å². The van der Waals surface area contributed by atoms with Crippen molar-refractivity contribution < 1.29 is 23.8 Å². The Morgan fingerprint density at radius 3 is 2.67 bits per heavy atom.